The van der Waals surface area contributed by atoms with Crippen LogP contribution in [0.1, 0.15) is 44.2 Å². The van der Waals surface area contributed by atoms with Crippen LogP contribution in [0.5, 0.6) is 0 Å². The fourth-order valence-electron chi connectivity index (χ4n) is 3.37. The van der Waals surface area contributed by atoms with Crippen LogP contribution in [0, 0.1) is 6.92 Å². The molecule has 1 aromatic carbocycles. The minimum absolute atomic E-state index is 0. The van der Waals surface area contributed by atoms with Crippen LogP contribution in [0.3, 0.4) is 0 Å². The first-order chi connectivity index (χ1) is 10.5. The summed E-state index contributed by atoms with van der Waals surface area (Å²) < 4.78 is 0. The van der Waals surface area contributed by atoms with E-state index in [0.717, 1.165) is 37.1 Å². The SMILES string of the molecule is CCc1cccc(C)c1NC(=O)CN1CCCCC1C(C)N.Cl. The number of amides is 1. The summed E-state index contributed by atoms with van der Waals surface area (Å²) in [4.78, 5) is 14.7. The highest BCUT2D eigenvalue weighted by molar-refractivity contribution is 5.93. The predicted molar refractivity (Wildman–Crippen MR) is 99.3 cm³/mol. The van der Waals surface area contributed by atoms with Gasteiger partial charge in [0.05, 0.1) is 6.54 Å². The first-order valence-corrected chi connectivity index (χ1v) is 8.41. The number of carbonyl (C=O) groups is 1. The van der Waals surface area contributed by atoms with Crippen LogP contribution in [0.15, 0.2) is 18.2 Å². The van der Waals surface area contributed by atoms with E-state index in [1.54, 1.807) is 0 Å². The summed E-state index contributed by atoms with van der Waals surface area (Å²) in [6.07, 6.45) is 4.38. The number of aryl methyl sites for hydroxylation is 2. The Hall–Kier alpha value is -1.10. The zero-order valence-corrected chi connectivity index (χ0v) is 15.3. The molecule has 4 nitrogen and oxygen atoms in total. The van der Waals surface area contributed by atoms with Gasteiger partial charge in [-0.1, -0.05) is 31.5 Å². The average Bonchev–Trinajstić information content (AvgIpc) is 2.49. The maximum absolute atomic E-state index is 12.5. The molecule has 2 rings (SSSR count). The van der Waals surface area contributed by atoms with Crippen LogP contribution in [0.4, 0.5) is 5.69 Å². The molecule has 5 heteroatoms. The van der Waals surface area contributed by atoms with Crippen LogP contribution < -0.4 is 11.1 Å². The number of hydrogen-bond acceptors (Lipinski definition) is 3. The van der Waals surface area contributed by atoms with Crippen molar-refractivity contribution in [2.75, 3.05) is 18.4 Å². The van der Waals surface area contributed by atoms with Crippen molar-refractivity contribution < 1.29 is 4.79 Å². The van der Waals surface area contributed by atoms with E-state index < -0.39 is 0 Å². The van der Waals surface area contributed by atoms with Crippen molar-refractivity contribution in [3.05, 3.63) is 29.3 Å². The minimum atomic E-state index is 0. The highest BCUT2D eigenvalue weighted by atomic mass is 35.5. The molecule has 1 heterocycles. The Morgan fingerprint density at radius 1 is 1.43 bits per heavy atom. The monoisotopic (exact) mass is 339 g/mol. The number of anilines is 1. The summed E-state index contributed by atoms with van der Waals surface area (Å²) in [6, 6.07) is 6.59. The smallest absolute Gasteiger partial charge is 0.238 e. The Morgan fingerprint density at radius 3 is 2.83 bits per heavy atom. The molecule has 0 saturated carbocycles. The van der Waals surface area contributed by atoms with Crippen molar-refractivity contribution in [1.29, 1.82) is 0 Å². The third-order valence-electron chi connectivity index (χ3n) is 4.62. The maximum atomic E-state index is 12.5. The van der Waals surface area contributed by atoms with E-state index in [1.807, 2.05) is 26.0 Å². The van der Waals surface area contributed by atoms with Gasteiger partial charge >= 0.3 is 0 Å². The molecule has 2 atom stereocenters. The summed E-state index contributed by atoms with van der Waals surface area (Å²) in [5, 5.41) is 3.12. The molecule has 1 saturated heterocycles. The molecule has 1 aromatic rings. The lowest BCUT2D eigenvalue weighted by Crippen LogP contribution is -2.51. The minimum Gasteiger partial charge on any atom is -0.327 e. The summed E-state index contributed by atoms with van der Waals surface area (Å²) in [5.41, 5.74) is 9.37. The number of nitrogens with two attached hydrogens (primary N) is 1. The van der Waals surface area contributed by atoms with E-state index >= 15 is 0 Å². The Balaban J connectivity index is 0.00000264. The summed E-state index contributed by atoms with van der Waals surface area (Å²) in [5.74, 6) is 0.0663. The highest BCUT2D eigenvalue weighted by Crippen LogP contribution is 2.22. The number of carbonyl (C=O) groups excluding carboxylic acids is 1. The van der Waals surface area contributed by atoms with E-state index in [9.17, 15) is 4.79 Å². The average molecular weight is 340 g/mol. The second-order valence-electron chi connectivity index (χ2n) is 6.40. The molecule has 1 amide bonds. The van der Waals surface area contributed by atoms with Gasteiger partial charge in [-0.05, 0) is 50.8 Å². The van der Waals surface area contributed by atoms with E-state index in [2.05, 4.69) is 23.2 Å². The lowest BCUT2D eigenvalue weighted by Gasteiger charge is -2.37. The Labute approximate surface area is 146 Å². The molecule has 1 aliphatic rings. The Morgan fingerprint density at radius 2 is 2.17 bits per heavy atom. The van der Waals surface area contributed by atoms with Gasteiger partial charge < -0.3 is 11.1 Å². The Bertz CT molecular complexity index is 519. The number of para-hydroxylation sites is 1. The number of nitrogens with one attached hydrogen (secondary N) is 1. The summed E-state index contributed by atoms with van der Waals surface area (Å²) in [6.45, 7) is 7.59. The molecule has 3 N–H and O–H groups in total. The molecular weight excluding hydrogens is 310 g/mol. The van der Waals surface area contributed by atoms with Gasteiger partial charge in [0, 0.05) is 17.8 Å². The molecule has 0 bridgehead atoms. The van der Waals surface area contributed by atoms with Gasteiger partial charge in [-0.25, -0.2) is 0 Å². The van der Waals surface area contributed by atoms with Gasteiger partial charge in [-0.15, -0.1) is 12.4 Å². The molecule has 1 fully saturated rings. The lowest BCUT2D eigenvalue weighted by atomic mass is 9.97. The van der Waals surface area contributed by atoms with Crippen molar-refractivity contribution in [1.82, 2.24) is 4.90 Å². The van der Waals surface area contributed by atoms with Crippen LogP contribution in [-0.2, 0) is 11.2 Å². The predicted octanol–water partition coefficient (Wildman–Crippen LogP) is 3.12. The normalized spacial score (nSPS) is 19.7. The topological polar surface area (TPSA) is 58.4 Å². The van der Waals surface area contributed by atoms with Gasteiger partial charge in [-0.3, -0.25) is 9.69 Å². The third kappa shape index (κ3) is 5.20. The zero-order valence-electron chi connectivity index (χ0n) is 14.5. The van der Waals surface area contributed by atoms with Crippen LogP contribution in [-0.4, -0.2) is 36.0 Å². The van der Waals surface area contributed by atoms with E-state index in [0.29, 0.717) is 12.6 Å². The summed E-state index contributed by atoms with van der Waals surface area (Å²) in [7, 11) is 0. The fourth-order valence-corrected chi connectivity index (χ4v) is 3.37. The van der Waals surface area contributed by atoms with Crippen molar-refractivity contribution in [2.45, 2.75) is 58.5 Å². The largest absolute Gasteiger partial charge is 0.327 e. The van der Waals surface area contributed by atoms with Crippen molar-refractivity contribution in [3.63, 3.8) is 0 Å². The van der Waals surface area contributed by atoms with Crippen molar-refractivity contribution in [3.8, 4) is 0 Å². The van der Waals surface area contributed by atoms with Gasteiger partial charge in [0.25, 0.3) is 0 Å². The number of rotatable bonds is 5. The third-order valence-corrected chi connectivity index (χ3v) is 4.62. The molecule has 0 spiro atoms. The van der Waals surface area contributed by atoms with Crippen LogP contribution in [0.25, 0.3) is 0 Å². The second kappa shape index (κ2) is 9.26. The number of likely N-dealkylation sites (tertiary alicyclic amines) is 1. The molecule has 0 radical (unpaired) electrons. The van der Waals surface area contributed by atoms with Crippen molar-refractivity contribution >= 4 is 24.0 Å². The van der Waals surface area contributed by atoms with Crippen LogP contribution >= 0.6 is 12.4 Å². The van der Waals surface area contributed by atoms with E-state index in [1.165, 1.54) is 12.0 Å². The molecule has 130 valence electrons. The molecule has 0 aromatic heterocycles. The number of halogens is 1. The first-order valence-electron chi connectivity index (χ1n) is 8.41. The van der Waals surface area contributed by atoms with Gasteiger partial charge in [0.1, 0.15) is 0 Å². The van der Waals surface area contributed by atoms with E-state index in [4.69, 9.17) is 5.73 Å². The standard InChI is InChI=1S/C18H29N3O.ClH/c1-4-15-9-7-8-13(2)18(15)20-17(22)12-21-11-6-5-10-16(21)14(3)19;/h7-9,14,16H,4-6,10-12,19H2,1-3H3,(H,20,22);1H. The molecular formula is C18H30ClN3O. The quantitative estimate of drug-likeness (QED) is 0.866. The number of piperidine rings is 1. The van der Waals surface area contributed by atoms with Crippen molar-refractivity contribution in [2.24, 2.45) is 5.73 Å². The second-order valence-corrected chi connectivity index (χ2v) is 6.40. The zero-order chi connectivity index (χ0) is 16.1. The lowest BCUT2D eigenvalue weighted by molar-refractivity contribution is -0.118. The van der Waals surface area contributed by atoms with Crippen LogP contribution in [0.2, 0.25) is 0 Å². The Kier molecular flexibility index (Phi) is 8.03. The number of nitrogens with zero attached hydrogens (tertiary/aromatic N) is 1. The summed E-state index contributed by atoms with van der Waals surface area (Å²) >= 11 is 0. The maximum Gasteiger partial charge on any atom is 0.238 e. The number of hydrogen-bond donors (Lipinski definition) is 2. The molecule has 0 aliphatic carbocycles. The fraction of sp³-hybridized carbons (Fsp3) is 0.611. The molecule has 23 heavy (non-hydrogen) atoms. The molecule has 1 aliphatic heterocycles. The van der Waals surface area contributed by atoms with Gasteiger partial charge in [-0.2, -0.15) is 0 Å². The van der Waals surface area contributed by atoms with Gasteiger partial charge in [0.2, 0.25) is 5.91 Å². The van der Waals surface area contributed by atoms with E-state index in [-0.39, 0.29) is 24.4 Å². The molecule has 2 unspecified atom stereocenters. The first kappa shape index (κ1) is 19.9. The highest BCUT2D eigenvalue weighted by Gasteiger charge is 2.27. The van der Waals surface area contributed by atoms with Gasteiger partial charge in [0.15, 0.2) is 0 Å². The number of benzene rings is 1.